The summed E-state index contributed by atoms with van der Waals surface area (Å²) in [4.78, 5) is 26.7. The van der Waals surface area contributed by atoms with Crippen molar-refractivity contribution in [1.82, 2.24) is 15.5 Å². The largest absolute Gasteiger partial charge is 0.416 e. The second-order valence-electron chi connectivity index (χ2n) is 9.73. The molecule has 0 spiro atoms. The topological polar surface area (TPSA) is 102 Å². The van der Waals surface area contributed by atoms with Gasteiger partial charge in [-0.15, -0.1) is 0 Å². The van der Waals surface area contributed by atoms with Crippen molar-refractivity contribution in [3.63, 3.8) is 0 Å². The van der Waals surface area contributed by atoms with Crippen molar-refractivity contribution < 1.29 is 33.0 Å². The van der Waals surface area contributed by atoms with Crippen molar-refractivity contribution in [1.29, 1.82) is 0 Å². The van der Waals surface area contributed by atoms with Crippen molar-refractivity contribution >= 4 is 27.7 Å². The molecule has 2 fully saturated rings. The van der Waals surface area contributed by atoms with Gasteiger partial charge in [-0.2, -0.15) is 13.2 Å². The molecule has 2 aromatic carbocycles. The number of amides is 2. The van der Waals surface area contributed by atoms with Crippen molar-refractivity contribution in [3.05, 3.63) is 69.7 Å². The number of carbonyl (C=O) groups excluding carboxylic acids is 2. The fourth-order valence-corrected chi connectivity index (χ4v) is 5.37. The van der Waals surface area contributed by atoms with E-state index in [1.807, 2.05) is 24.3 Å². The van der Waals surface area contributed by atoms with E-state index >= 15 is 0 Å². The molecule has 37 heavy (non-hydrogen) atoms. The van der Waals surface area contributed by atoms with Gasteiger partial charge >= 0.3 is 6.18 Å². The van der Waals surface area contributed by atoms with E-state index in [1.54, 1.807) is 0 Å². The molecule has 0 aromatic heterocycles. The van der Waals surface area contributed by atoms with Crippen molar-refractivity contribution in [2.75, 3.05) is 19.6 Å². The average Bonchev–Trinajstić information content (AvgIpc) is 3.22. The monoisotopic (exact) mass is 583 g/mol. The van der Waals surface area contributed by atoms with Crippen LogP contribution in [0.15, 0.2) is 53.0 Å². The molecular formula is C26H29BrF3N3O4. The highest BCUT2D eigenvalue weighted by molar-refractivity contribution is 9.10. The lowest BCUT2D eigenvalue weighted by Crippen LogP contribution is -2.47. The van der Waals surface area contributed by atoms with Gasteiger partial charge < -0.3 is 20.8 Å². The fourth-order valence-electron chi connectivity index (χ4n) is 5.11. The van der Waals surface area contributed by atoms with Crippen LogP contribution in [0.3, 0.4) is 0 Å². The van der Waals surface area contributed by atoms with Gasteiger partial charge in [-0.1, -0.05) is 34.1 Å². The molecule has 1 saturated carbocycles. The molecule has 0 radical (unpaired) electrons. The number of likely N-dealkylation sites (tertiary alicyclic amines) is 1. The van der Waals surface area contributed by atoms with E-state index in [2.05, 4.69) is 31.5 Å². The van der Waals surface area contributed by atoms with Gasteiger partial charge in [0, 0.05) is 29.2 Å². The molecule has 2 atom stereocenters. The average molecular weight is 584 g/mol. The molecule has 4 N–H and O–H groups in total. The van der Waals surface area contributed by atoms with Crippen LogP contribution in [0.4, 0.5) is 13.2 Å². The van der Waals surface area contributed by atoms with Gasteiger partial charge in [-0.3, -0.25) is 14.5 Å². The second kappa shape index (κ2) is 11.1. The van der Waals surface area contributed by atoms with Crippen LogP contribution >= 0.6 is 15.9 Å². The molecule has 2 amide bonds. The number of aliphatic hydroxyl groups excluding tert-OH is 1. The number of hydrogen-bond acceptors (Lipinski definition) is 5. The van der Waals surface area contributed by atoms with Crippen LogP contribution in [-0.4, -0.2) is 64.7 Å². The normalized spacial score (nSPS) is 26.6. The second-order valence-corrected chi connectivity index (χ2v) is 10.6. The SMILES string of the molecule is O=C(CNC(=O)c1cccc(C(F)(F)F)c1)NC1CN(C2CCC(O)(c3ccc(Br)cc3)CC2)CC1O. The van der Waals surface area contributed by atoms with Crippen LogP contribution < -0.4 is 10.6 Å². The molecule has 1 heterocycles. The summed E-state index contributed by atoms with van der Waals surface area (Å²) in [5.41, 5.74) is -1.15. The van der Waals surface area contributed by atoms with Gasteiger partial charge in [0.15, 0.2) is 0 Å². The maximum atomic E-state index is 12.9. The van der Waals surface area contributed by atoms with Crippen LogP contribution in [0.5, 0.6) is 0 Å². The Morgan fingerprint density at radius 1 is 1.08 bits per heavy atom. The zero-order valence-electron chi connectivity index (χ0n) is 20.0. The zero-order valence-corrected chi connectivity index (χ0v) is 21.6. The molecular weight excluding hydrogens is 555 g/mol. The number of β-amino-alcohol motifs (C(OH)–C–C–N with tert-alkyl or cyclic N) is 1. The van der Waals surface area contributed by atoms with Crippen molar-refractivity contribution in [2.24, 2.45) is 0 Å². The summed E-state index contributed by atoms with van der Waals surface area (Å²) in [7, 11) is 0. The maximum Gasteiger partial charge on any atom is 0.416 e. The van der Waals surface area contributed by atoms with E-state index in [1.165, 1.54) is 6.07 Å². The Kier molecular flexibility index (Phi) is 8.27. The Labute approximate surface area is 221 Å². The van der Waals surface area contributed by atoms with Gasteiger partial charge in [-0.25, -0.2) is 0 Å². The lowest BCUT2D eigenvalue weighted by molar-refractivity contribution is -0.137. The molecule has 4 rings (SSSR count). The summed E-state index contributed by atoms with van der Waals surface area (Å²) in [6.45, 7) is 0.376. The van der Waals surface area contributed by atoms with E-state index in [0.29, 0.717) is 25.9 Å². The molecule has 200 valence electrons. The Balaban J connectivity index is 1.25. The highest BCUT2D eigenvalue weighted by Crippen LogP contribution is 2.39. The number of nitrogens with zero attached hydrogens (tertiary/aromatic N) is 1. The molecule has 1 aliphatic heterocycles. The molecule has 1 aliphatic carbocycles. The van der Waals surface area contributed by atoms with Gasteiger partial charge in [0.2, 0.25) is 5.91 Å². The first kappa shape index (κ1) is 27.6. The first-order valence-electron chi connectivity index (χ1n) is 12.1. The number of hydrogen-bond donors (Lipinski definition) is 4. The third kappa shape index (κ3) is 6.70. The summed E-state index contributed by atoms with van der Waals surface area (Å²) < 4.78 is 39.5. The summed E-state index contributed by atoms with van der Waals surface area (Å²) in [6, 6.07) is 11.2. The van der Waals surface area contributed by atoms with Crippen molar-refractivity contribution in [3.8, 4) is 0 Å². The molecule has 1 saturated heterocycles. The van der Waals surface area contributed by atoms with Crippen LogP contribution in [-0.2, 0) is 16.6 Å². The predicted molar refractivity (Wildman–Crippen MR) is 134 cm³/mol. The van der Waals surface area contributed by atoms with Gasteiger partial charge in [0.1, 0.15) is 0 Å². The van der Waals surface area contributed by atoms with Crippen LogP contribution in [0.1, 0.15) is 47.2 Å². The standard InChI is InChI=1S/C26H29BrF3N3O4/c27-19-6-4-17(5-7-19)25(37)10-8-20(9-11-25)33-14-21(22(34)15-33)32-23(35)13-31-24(36)16-2-1-3-18(12-16)26(28,29)30/h1-7,12,20-22,34,37H,8-11,13-15H2,(H,31,36)(H,32,35). The van der Waals surface area contributed by atoms with E-state index in [-0.39, 0.29) is 11.6 Å². The van der Waals surface area contributed by atoms with E-state index < -0.39 is 47.8 Å². The number of rotatable bonds is 6. The molecule has 2 aromatic rings. The molecule has 0 bridgehead atoms. The highest BCUT2D eigenvalue weighted by atomic mass is 79.9. The fraction of sp³-hybridized carbons (Fsp3) is 0.462. The van der Waals surface area contributed by atoms with Gasteiger partial charge in [-0.05, 0) is 61.6 Å². The molecule has 2 unspecified atom stereocenters. The minimum atomic E-state index is -4.58. The highest BCUT2D eigenvalue weighted by Gasteiger charge is 2.41. The maximum absolute atomic E-state index is 12.9. The first-order valence-corrected chi connectivity index (χ1v) is 12.9. The minimum Gasteiger partial charge on any atom is -0.390 e. The third-order valence-electron chi connectivity index (χ3n) is 7.21. The lowest BCUT2D eigenvalue weighted by atomic mass is 9.77. The van der Waals surface area contributed by atoms with Crippen molar-refractivity contribution in [2.45, 2.75) is 55.6 Å². The Hall–Kier alpha value is -2.47. The number of carbonyl (C=O) groups is 2. The number of benzene rings is 2. The van der Waals surface area contributed by atoms with Crippen LogP contribution in [0.2, 0.25) is 0 Å². The molecule has 2 aliphatic rings. The van der Waals surface area contributed by atoms with Crippen LogP contribution in [0, 0.1) is 0 Å². The molecule has 11 heteroatoms. The van der Waals surface area contributed by atoms with E-state index in [4.69, 9.17) is 0 Å². The quantitative estimate of drug-likeness (QED) is 0.418. The number of aliphatic hydroxyl groups is 2. The predicted octanol–water partition coefficient (Wildman–Crippen LogP) is 3.19. The van der Waals surface area contributed by atoms with E-state index in [9.17, 15) is 33.0 Å². The summed E-state index contributed by atoms with van der Waals surface area (Å²) in [5.74, 6) is -1.34. The number of nitrogens with one attached hydrogen (secondary N) is 2. The summed E-state index contributed by atoms with van der Waals surface area (Å²) >= 11 is 3.41. The lowest BCUT2D eigenvalue weighted by Gasteiger charge is -2.40. The number of halogens is 4. The Bertz CT molecular complexity index is 1120. The first-order chi connectivity index (χ1) is 17.4. The minimum absolute atomic E-state index is 0.160. The van der Waals surface area contributed by atoms with Gasteiger partial charge in [0.05, 0.1) is 29.9 Å². The van der Waals surface area contributed by atoms with E-state index in [0.717, 1.165) is 41.1 Å². The molecule has 7 nitrogen and oxygen atoms in total. The van der Waals surface area contributed by atoms with Gasteiger partial charge in [0.25, 0.3) is 5.91 Å². The smallest absolute Gasteiger partial charge is 0.390 e. The Morgan fingerprint density at radius 3 is 2.41 bits per heavy atom. The zero-order chi connectivity index (χ0) is 26.8. The third-order valence-corrected chi connectivity index (χ3v) is 7.73. The summed E-state index contributed by atoms with van der Waals surface area (Å²) in [5, 5.41) is 26.7. The number of alkyl halides is 3. The Morgan fingerprint density at radius 2 is 1.76 bits per heavy atom. The summed E-state index contributed by atoms with van der Waals surface area (Å²) in [6.07, 6.45) is -2.71. The van der Waals surface area contributed by atoms with Crippen LogP contribution in [0.25, 0.3) is 0 Å².